The molecule has 0 fully saturated rings. The first-order valence-corrected chi connectivity index (χ1v) is 15.2. The number of nitrogens with one attached hydrogen (secondary N) is 1. The van der Waals surface area contributed by atoms with E-state index in [-0.39, 0.29) is 39.0 Å². The Hall–Kier alpha value is -3.07. The van der Waals surface area contributed by atoms with Crippen LogP contribution in [0.3, 0.4) is 0 Å². The smallest absolute Gasteiger partial charge is 0.264 e. The zero-order valence-corrected chi connectivity index (χ0v) is 25.4. The van der Waals surface area contributed by atoms with Crippen LogP contribution in [0.25, 0.3) is 0 Å². The third-order valence-corrected chi connectivity index (χ3v) is 8.73. The fraction of sp³-hybridized carbons (Fsp3) is 0.333. The van der Waals surface area contributed by atoms with E-state index in [9.17, 15) is 18.0 Å². The third kappa shape index (κ3) is 8.22. The van der Waals surface area contributed by atoms with Gasteiger partial charge in [-0.05, 0) is 62.1 Å². The summed E-state index contributed by atoms with van der Waals surface area (Å²) < 4.78 is 28.8. The highest BCUT2D eigenvalue weighted by molar-refractivity contribution is 7.92. The summed E-state index contributed by atoms with van der Waals surface area (Å²) >= 11 is 12.7. The number of carbonyl (C=O) groups is 2. The van der Waals surface area contributed by atoms with Crippen LogP contribution in [0, 0.1) is 12.8 Å². The Bertz CT molecular complexity index is 1410. The molecule has 0 spiro atoms. The summed E-state index contributed by atoms with van der Waals surface area (Å²) in [6, 6.07) is 19.5. The Labute approximate surface area is 247 Å². The third-order valence-electron chi connectivity index (χ3n) is 6.40. The van der Waals surface area contributed by atoms with E-state index in [1.807, 2.05) is 51.1 Å². The number of aryl methyl sites for hydroxylation is 1. The molecule has 1 atom stereocenters. The van der Waals surface area contributed by atoms with Crippen LogP contribution < -0.4 is 9.62 Å². The quantitative estimate of drug-likeness (QED) is 0.286. The highest BCUT2D eigenvalue weighted by Crippen LogP contribution is 2.33. The van der Waals surface area contributed by atoms with Crippen LogP contribution in [0.15, 0.2) is 77.7 Å². The lowest BCUT2D eigenvalue weighted by atomic mass is 10.1. The van der Waals surface area contributed by atoms with Crippen LogP contribution in [-0.4, -0.2) is 50.8 Å². The average molecular weight is 605 g/mol. The Kier molecular flexibility index (Phi) is 11.0. The molecule has 0 aromatic heterocycles. The number of carbonyl (C=O) groups excluding carboxylic acids is 2. The monoisotopic (exact) mass is 603 g/mol. The number of hydrogen-bond acceptors (Lipinski definition) is 4. The van der Waals surface area contributed by atoms with E-state index >= 15 is 0 Å². The molecule has 1 N–H and O–H groups in total. The topological polar surface area (TPSA) is 86.8 Å². The molecule has 0 aliphatic heterocycles. The molecule has 3 aromatic rings. The first-order valence-electron chi connectivity index (χ1n) is 13.1. The second-order valence-electron chi connectivity index (χ2n) is 10.1. The lowest BCUT2D eigenvalue weighted by Crippen LogP contribution is -2.52. The van der Waals surface area contributed by atoms with Crippen molar-refractivity contribution in [3.8, 4) is 0 Å². The molecule has 40 heavy (non-hydrogen) atoms. The normalized spacial score (nSPS) is 12.2. The molecule has 0 aliphatic carbocycles. The van der Waals surface area contributed by atoms with Crippen molar-refractivity contribution in [1.29, 1.82) is 0 Å². The molecule has 0 aliphatic rings. The summed E-state index contributed by atoms with van der Waals surface area (Å²) in [4.78, 5) is 28.4. The standard InChI is InChI=1S/C30H35Cl2N3O4S/c1-21(2)19-33-30(37)23(4)34(17-16-24-8-6-5-7-9-24)29(36)20-35(28-18-25(31)12-15-27(28)32)40(38,39)26-13-10-22(3)11-14-26/h5-15,18,21,23H,16-17,19-20H2,1-4H3,(H,33,37). The second kappa shape index (κ2) is 14.0. The minimum Gasteiger partial charge on any atom is -0.354 e. The van der Waals surface area contributed by atoms with Crippen LogP contribution in [-0.2, 0) is 26.0 Å². The molecule has 7 nitrogen and oxygen atoms in total. The Morgan fingerprint density at radius 3 is 2.20 bits per heavy atom. The van der Waals surface area contributed by atoms with Gasteiger partial charge in [0.15, 0.2) is 0 Å². The molecule has 0 saturated carbocycles. The van der Waals surface area contributed by atoms with Crippen LogP contribution in [0.2, 0.25) is 10.0 Å². The molecule has 0 saturated heterocycles. The summed E-state index contributed by atoms with van der Waals surface area (Å²) in [6.07, 6.45) is 0.483. The van der Waals surface area contributed by atoms with Gasteiger partial charge in [0.05, 0.1) is 15.6 Å². The maximum atomic E-state index is 13.9. The van der Waals surface area contributed by atoms with Gasteiger partial charge in [-0.3, -0.25) is 13.9 Å². The number of anilines is 1. The first kappa shape index (κ1) is 31.5. The molecule has 0 radical (unpaired) electrons. The van der Waals surface area contributed by atoms with E-state index in [0.717, 1.165) is 15.4 Å². The van der Waals surface area contributed by atoms with E-state index in [0.29, 0.717) is 13.0 Å². The van der Waals surface area contributed by atoms with Crippen LogP contribution in [0.4, 0.5) is 5.69 Å². The summed E-state index contributed by atoms with van der Waals surface area (Å²) in [6.45, 7) is 7.53. The number of amides is 2. The summed E-state index contributed by atoms with van der Waals surface area (Å²) in [5.74, 6) is -0.636. The molecule has 214 valence electrons. The van der Waals surface area contributed by atoms with Crippen LogP contribution >= 0.6 is 23.2 Å². The van der Waals surface area contributed by atoms with Gasteiger partial charge in [0.2, 0.25) is 11.8 Å². The van der Waals surface area contributed by atoms with E-state index in [1.54, 1.807) is 25.1 Å². The molecule has 1 unspecified atom stereocenters. The van der Waals surface area contributed by atoms with Gasteiger partial charge in [-0.25, -0.2) is 8.42 Å². The molecule has 0 bridgehead atoms. The largest absolute Gasteiger partial charge is 0.354 e. The second-order valence-corrected chi connectivity index (χ2v) is 12.8. The lowest BCUT2D eigenvalue weighted by molar-refractivity contribution is -0.138. The van der Waals surface area contributed by atoms with E-state index in [4.69, 9.17) is 23.2 Å². The van der Waals surface area contributed by atoms with Gasteiger partial charge in [-0.15, -0.1) is 0 Å². The zero-order valence-electron chi connectivity index (χ0n) is 23.1. The number of hydrogen-bond donors (Lipinski definition) is 1. The van der Waals surface area contributed by atoms with Gasteiger partial charge in [-0.2, -0.15) is 0 Å². The number of nitrogens with zero attached hydrogens (tertiary/aromatic N) is 2. The highest BCUT2D eigenvalue weighted by Gasteiger charge is 2.33. The van der Waals surface area contributed by atoms with Gasteiger partial charge in [0.25, 0.3) is 10.0 Å². The molecular formula is C30H35Cl2N3O4S. The van der Waals surface area contributed by atoms with Crippen molar-refractivity contribution in [1.82, 2.24) is 10.2 Å². The van der Waals surface area contributed by atoms with Gasteiger partial charge in [-0.1, -0.05) is 85.1 Å². The van der Waals surface area contributed by atoms with Gasteiger partial charge in [0.1, 0.15) is 12.6 Å². The van der Waals surface area contributed by atoms with Gasteiger partial charge < -0.3 is 10.2 Å². The van der Waals surface area contributed by atoms with Crippen molar-refractivity contribution in [2.75, 3.05) is 23.9 Å². The minimum absolute atomic E-state index is 0.000465. The Morgan fingerprint density at radius 1 is 0.925 bits per heavy atom. The lowest BCUT2D eigenvalue weighted by Gasteiger charge is -2.32. The van der Waals surface area contributed by atoms with E-state index < -0.39 is 28.5 Å². The maximum absolute atomic E-state index is 13.9. The Balaban J connectivity index is 2.00. The van der Waals surface area contributed by atoms with Crippen LogP contribution in [0.1, 0.15) is 31.9 Å². The van der Waals surface area contributed by atoms with Crippen LogP contribution in [0.5, 0.6) is 0 Å². The van der Waals surface area contributed by atoms with Crippen molar-refractivity contribution in [2.45, 2.75) is 45.1 Å². The van der Waals surface area contributed by atoms with Crippen molar-refractivity contribution in [3.05, 3.63) is 94.0 Å². The summed E-state index contributed by atoms with van der Waals surface area (Å²) in [5, 5.41) is 3.25. The van der Waals surface area contributed by atoms with Crippen molar-refractivity contribution < 1.29 is 18.0 Å². The molecule has 3 aromatic carbocycles. The Morgan fingerprint density at radius 2 is 1.57 bits per heavy atom. The fourth-order valence-corrected chi connectivity index (χ4v) is 5.91. The summed E-state index contributed by atoms with van der Waals surface area (Å²) in [5.41, 5.74) is 1.94. The predicted molar refractivity (Wildman–Crippen MR) is 161 cm³/mol. The summed E-state index contributed by atoms with van der Waals surface area (Å²) in [7, 11) is -4.23. The highest BCUT2D eigenvalue weighted by atomic mass is 35.5. The van der Waals surface area contributed by atoms with E-state index in [2.05, 4.69) is 5.32 Å². The predicted octanol–water partition coefficient (Wildman–Crippen LogP) is 5.73. The first-order chi connectivity index (χ1) is 18.9. The molecular weight excluding hydrogens is 569 g/mol. The number of halogens is 2. The number of benzene rings is 3. The van der Waals surface area contributed by atoms with Gasteiger partial charge >= 0.3 is 0 Å². The molecule has 3 rings (SSSR count). The SMILES string of the molecule is Cc1ccc(S(=O)(=O)N(CC(=O)N(CCc2ccccc2)C(C)C(=O)NCC(C)C)c2cc(Cl)ccc2Cl)cc1. The van der Waals surface area contributed by atoms with Crippen molar-refractivity contribution >= 4 is 50.7 Å². The van der Waals surface area contributed by atoms with Crippen molar-refractivity contribution in [3.63, 3.8) is 0 Å². The fourth-order valence-electron chi connectivity index (χ4n) is 4.05. The molecule has 10 heteroatoms. The number of sulfonamides is 1. The zero-order chi connectivity index (χ0) is 29.4. The molecule has 2 amide bonds. The number of rotatable bonds is 12. The van der Waals surface area contributed by atoms with Gasteiger partial charge in [0, 0.05) is 18.1 Å². The van der Waals surface area contributed by atoms with Crippen molar-refractivity contribution in [2.24, 2.45) is 5.92 Å². The van der Waals surface area contributed by atoms with E-state index in [1.165, 1.54) is 29.2 Å². The maximum Gasteiger partial charge on any atom is 0.264 e. The molecule has 0 heterocycles. The average Bonchev–Trinajstić information content (AvgIpc) is 2.92. The minimum atomic E-state index is -4.23.